The van der Waals surface area contributed by atoms with Gasteiger partial charge in [0.25, 0.3) is 0 Å². The highest BCUT2D eigenvalue weighted by Gasteiger charge is 2.48. The van der Waals surface area contributed by atoms with Crippen LogP contribution in [0.2, 0.25) is 0 Å². The van der Waals surface area contributed by atoms with Gasteiger partial charge >= 0.3 is 30.6 Å². The van der Waals surface area contributed by atoms with Crippen molar-refractivity contribution >= 4 is 23.4 Å². The van der Waals surface area contributed by atoms with Gasteiger partial charge in [-0.25, -0.2) is 19.7 Å². The number of carboxylic acids is 1. The number of rotatable bonds is 8. The number of halogens is 9. The minimum absolute atomic E-state index is 0.0192. The molecule has 0 aliphatic carbocycles. The summed E-state index contributed by atoms with van der Waals surface area (Å²) < 4.78 is 128. The first-order valence-corrected chi connectivity index (χ1v) is 14.4. The van der Waals surface area contributed by atoms with Gasteiger partial charge < -0.3 is 20.5 Å². The van der Waals surface area contributed by atoms with E-state index in [4.69, 9.17) is 15.6 Å². The van der Waals surface area contributed by atoms with E-state index < -0.39 is 84.0 Å². The molecule has 0 saturated carbocycles. The van der Waals surface area contributed by atoms with Crippen molar-refractivity contribution < 1.29 is 58.9 Å². The summed E-state index contributed by atoms with van der Waals surface area (Å²) in [5.41, 5.74) is -0.399. The Morgan fingerprint density at radius 1 is 1.00 bits per heavy atom. The van der Waals surface area contributed by atoms with Crippen LogP contribution in [0.25, 0.3) is 0 Å². The van der Waals surface area contributed by atoms with Gasteiger partial charge in [-0.05, 0) is 48.7 Å². The van der Waals surface area contributed by atoms with Crippen LogP contribution in [0, 0.1) is 0 Å². The summed E-state index contributed by atoms with van der Waals surface area (Å²) in [5, 5.41) is 8.92. The molecule has 0 bridgehead atoms. The topological polar surface area (TPSA) is 135 Å². The molecule has 0 saturated heterocycles. The van der Waals surface area contributed by atoms with E-state index in [1.54, 1.807) is 6.92 Å². The second-order valence-corrected chi connectivity index (χ2v) is 11.5. The fourth-order valence-electron chi connectivity index (χ4n) is 5.35. The van der Waals surface area contributed by atoms with Gasteiger partial charge in [-0.2, -0.15) is 39.5 Å². The van der Waals surface area contributed by atoms with Crippen LogP contribution < -0.4 is 15.5 Å². The third-order valence-electron chi connectivity index (χ3n) is 7.78. The first-order chi connectivity index (χ1) is 22.5. The number of amides is 1. The predicted octanol–water partition coefficient (Wildman–Crippen LogP) is 6.60. The average Bonchev–Trinajstić information content (AvgIpc) is 2.98. The normalized spacial score (nSPS) is 18.2. The summed E-state index contributed by atoms with van der Waals surface area (Å²) in [6.07, 6.45) is -16.7. The third kappa shape index (κ3) is 8.14. The summed E-state index contributed by atoms with van der Waals surface area (Å²) in [5.74, 6) is -2.78. The maximum atomic E-state index is 13.8. The Kier molecular flexibility index (Phi) is 10.1. The number of aliphatic carboxylic acids is 1. The molecule has 4 rings (SSSR count). The van der Waals surface area contributed by atoms with E-state index in [1.165, 1.54) is 25.2 Å². The number of aromatic nitrogens is 3. The molecule has 0 radical (unpaired) electrons. The molecule has 1 amide bonds. The molecule has 3 N–H and O–H groups in total. The molecule has 49 heavy (non-hydrogen) atoms. The number of hydrogen-bond acceptors (Lipinski definition) is 8. The van der Waals surface area contributed by atoms with Gasteiger partial charge in [-0.1, -0.05) is 6.92 Å². The highest BCUT2D eigenvalue weighted by Crippen LogP contribution is 2.46. The predicted molar refractivity (Wildman–Crippen MR) is 155 cm³/mol. The molecule has 0 spiro atoms. The largest absolute Gasteiger partial charge is 0.481 e. The lowest BCUT2D eigenvalue weighted by atomic mass is 9.83. The van der Waals surface area contributed by atoms with Crippen LogP contribution in [0.1, 0.15) is 71.7 Å². The molecule has 3 heterocycles. The molecule has 0 unspecified atom stereocenters. The fraction of sp³-hybridized carbons (Fsp3) is 0.433. The number of nitrogens with zero attached hydrogens (tertiary/aromatic N) is 5. The SMILES string of the molecule is CC[C@]1(N)C[C@H](c2ncc(N(C)C)c(Cc3cc(C(F)(F)F)cc(C(F)(F)F)c3)n2)c2nc(C(F)(F)F)ccc2N1C(=O)OCCC(=O)O. The summed E-state index contributed by atoms with van der Waals surface area (Å²) in [6, 6.07) is 2.60. The van der Waals surface area contributed by atoms with E-state index in [0.29, 0.717) is 18.2 Å². The first-order valence-electron chi connectivity index (χ1n) is 14.4. The van der Waals surface area contributed by atoms with Crippen molar-refractivity contribution in [3.63, 3.8) is 0 Å². The Morgan fingerprint density at radius 3 is 2.12 bits per heavy atom. The van der Waals surface area contributed by atoms with Crippen molar-refractivity contribution in [2.24, 2.45) is 5.73 Å². The quantitative estimate of drug-likeness (QED) is 0.248. The summed E-state index contributed by atoms with van der Waals surface area (Å²) in [6.45, 7) is 0.978. The first kappa shape index (κ1) is 37.1. The van der Waals surface area contributed by atoms with E-state index in [9.17, 15) is 49.1 Å². The van der Waals surface area contributed by atoms with Gasteiger partial charge in [0.15, 0.2) is 0 Å². The average molecular weight is 709 g/mol. The maximum absolute atomic E-state index is 13.8. The van der Waals surface area contributed by atoms with Gasteiger partial charge in [0.1, 0.15) is 23.8 Å². The standard InChI is InChI=1S/C30H29F9N6O4/c1-4-27(40)13-18(24-20(5-6-22(43-24)30(37,38)39)45(27)26(48)49-8-7-23(46)47)25-41-14-21(44(2)3)19(42-25)11-15-9-16(28(31,32)33)12-17(10-15)29(34,35)36/h5-6,9-10,12,14,18H,4,7-8,11,13,40H2,1-3H3,(H,46,47)/t18-,27+/m0/s1. The number of carbonyl (C=O) groups excluding carboxylic acids is 1. The van der Waals surface area contributed by atoms with Crippen LogP contribution in [-0.4, -0.2) is 58.5 Å². The number of alkyl halides is 9. The number of pyridine rings is 1. The molecule has 1 aromatic carbocycles. The number of hydrogen-bond donors (Lipinski definition) is 2. The molecular weight excluding hydrogens is 679 g/mol. The van der Waals surface area contributed by atoms with Gasteiger partial charge in [0.2, 0.25) is 0 Å². The number of fused-ring (bicyclic) bond motifs is 1. The molecule has 10 nitrogen and oxygen atoms in total. The minimum Gasteiger partial charge on any atom is -0.481 e. The summed E-state index contributed by atoms with van der Waals surface area (Å²) in [7, 11) is 3.02. The zero-order valence-corrected chi connectivity index (χ0v) is 26.0. The monoisotopic (exact) mass is 708 g/mol. The van der Waals surface area contributed by atoms with Crippen molar-refractivity contribution in [3.05, 3.63) is 76.1 Å². The van der Waals surface area contributed by atoms with Crippen molar-refractivity contribution in [3.8, 4) is 0 Å². The second-order valence-electron chi connectivity index (χ2n) is 11.5. The molecular formula is C30H29F9N6O4. The van der Waals surface area contributed by atoms with Gasteiger partial charge in [-0.15, -0.1) is 0 Å². The number of benzene rings is 1. The Hall–Kier alpha value is -4.68. The number of ether oxygens (including phenoxy) is 1. The zero-order valence-electron chi connectivity index (χ0n) is 26.0. The molecule has 0 fully saturated rings. The Morgan fingerprint density at radius 2 is 1.61 bits per heavy atom. The molecule has 19 heteroatoms. The lowest BCUT2D eigenvalue weighted by molar-refractivity contribution is -0.143. The molecule has 2 aromatic heterocycles. The lowest BCUT2D eigenvalue weighted by Gasteiger charge is -2.46. The number of carboxylic acid groups (broad SMARTS) is 1. The van der Waals surface area contributed by atoms with E-state index in [2.05, 4.69) is 15.0 Å². The van der Waals surface area contributed by atoms with Crippen LogP contribution in [0.4, 0.5) is 55.7 Å². The second kappa shape index (κ2) is 13.3. The van der Waals surface area contributed by atoms with Crippen molar-refractivity contribution in [2.75, 3.05) is 30.5 Å². The molecule has 2 atom stereocenters. The maximum Gasteiger partial charge on any atom is 0.433 e. The van der Waals surface area contributed by atoms with E-state index in [0.717, 1.165) is 11.0 Å². The van der Waals surface area contributed by atoms with Crippen LogP contribution >= 0.6 is 0 Å². The van der Waals surface area contributed by atoms with Gasteiger partial charge in [-0.3, -0.25) is 9.69 Å². The minimum atomic E-state index is -5.11. The number of nitrogens with two attached hydrogens (primary N) is 1. The van der Waals surface area contributed by atoms with Crippen molar-refractivity contribution in [1.82, 2.24) is 15.0 Å². The molecule has 266 valence electrons. The van der Waals surface area contributed by atoms with Crippen LogP contribution in [0.5, 0.6) is 0 Å². The van der Waals surface area contributed by atoms with E-state index in [1.807, 2.05) is 0 Å². The third-order valence-corrected chi connectivity index (χ3v) is 7.78. The van der Waals surface area contributed by atoms with E-state index in [-0.39, 0.29) is 47.5 Å². The van der Waals surface area contributed by atoms with Gasteiger partial charge in [0, 0.05) is 20.5 Å². The smallest absolute Gasteiger partial charge is 0.433 e. The Bertz CT molecular complexity index is 1700. The lowest BCUT2D eigenvalue weighted by Crippen LogP contribution is -2.62. The Labute approximate surface area is 272 Å². The van der Waals surface area contributed by atoms with Crippen molar-refractivity contribution in [2.45, 2.75) is 62.7 Å². The van der Waals surface area contributed by atoms with E-state index >= 15 is 0 Å². The van der Waals surface area contributed by atoms with Gasteiger partial charge in [0.05, 0.1) is 52.4 Å². The highest BCUT2D eigenvalue weighted by molar-refractivity contribution is 5.91. The van der Waals surface area contributed by atoms with Crippen LogP contribution in [-0.2, 0) is 34.5 Å². The summed E-state index contributed by atoms with van der Waals surface area (Å²) in [4.78, 5) is 38.9. The van der Waals surface area contributed by atoms with Crippen LogP contribution in [0.15, 0.2) is 36.5 Å². The van der Waals surface area contributed by atoms with Crippen molar-refractivity contribution in [1.29, 1.82) is 0 Å². The zero-order chi connectivity index (χ0) is 36.7. The Balaban J connectivity index is 1.89. The molecule has 3 aromatic rings. The highest BCUT2D eigenvalue weighted by atomic mass is 19.4. The summed E-state index contributed by atoms with van der Waals surface area (Å²) >= 11 is 0. The molecule has 1 aliphatic rings. The number of anilines is 2. The molecule has 1 aliphatic heterocycles. The number of carbonyl (C=O) groups is 2. The van der Waals surface area contributed by atoms with Crippen LogP contribution in [0.3, 0.4) is 0 Å². The fourth-order valence-corrected chi connectivity index (χ4v) is 5.35.